The summed E-state index contributed by atoms with van der Waals surface area (Å²) in [5.41, 5.74) is 1.23. The zero-order valence-electron chi connectivity index (χ0n) is 11.8. The van der Waals surface area contributed by atoms with E-state index in [2.05, 4.69) is 53.6 Å². The quantitative estimate of drug-likeness (QED) is 0.866. The van der Waals surface area contributed by atoms with Crippen molar-refractivity contribution < 1.29 is 4.42 Å². The van der Waals surface area contributed by atoms with Gasteiger partial charge >= 0.3 is 0 Å². The number of hydrogen-bond acceptors (Lipinski definition) is 4. The molecule has 0 bridgehead atoms. The van der Waals surface area contributed by atoms with Gasteiger partial charge in [-0.2, -0.15) is 0 Å². The van der Waals surface area contributed by atoms with E-state index < -0.39 is 0 Å². The SMILES string of the molecule is CCC(C)C(c1ccccc1)c1nnc(CNC)o1. The van der Waals surface area contributed by atoms with Crippen molar-refractivity contribution in [2.75, 3.05) is 7.05 Å². The summed E-state index contributed by atoms with van der Waals surface area (Å²) in [6.45, 7) is 5.01. The molecular formula is C15H21N3O. The molecule has 0 aliphatic carbocycles. The molecule has 2 atom stereocenters. The molecule has 2 unspecified atom stereocenters. The first-order valence-corrected chi connectivity index (χ1v) is 6.78. The largest absolute Gasteiger partial charge is 0.423 e. The first-order chi connectivity index (χ1) is 9.26. The van der Waals surface area contributed by atoms with Crippen LogP contribution in [0.2, 0.25) is 0 Å². The lowest BCUT2D eigenvalue weighted by Gasteiger charge is -2.19. The van der Waals surface area contributed by atoms with Crippen molar-refractivity contribution in [2.24, 2.45) is 5.92 Å². The van der Waals surface area contributed by atoms with Crippen LogP contribution in [0.5, 0.6) is 0 Å². The number of hydrogen-bond donors (Lipinski definition) is 1. The van der Waals surface area contributed by atoms with Crippen molar-refractivity contribution in [2.45, 2.75) is 32.7 Å². The molecule has 19 heavy (non-hydrogen) atoms. The molecule has 4 heteroatoms. The zero-order chi connectivity index (χ0) is 13.7. The Balaban J connectivity index is 2.32. The van der Waals surface area contributed by atoms with Gasteiger partial charge in [0.2, 0.25) is 11.8 Å². The summed E-state index contributed by atoms with van der Waals surface area (Å²) >= 11 is 0. The minimum Gasteiger partial charge on any atom is -0.423 e. The number of aromatic nitrogens is 2. The van der Waals surface area contributed by atoms with Crippen molar-refractivity contribution in [3.8, 4) is 0 Å². The number of benzene rings is 1. The molecule has 0 saturated heterocycles. The third-order valence-electron chi connectivity index (χ3n) is 3.45. The van der Waals surface area contributed by atoms with Gasteiger partial charge in [-0.1, -0.05) is 50.6 Å². The van der Waals surface area contributed by atoms with Crippen molar-refractivity contribution in [3.05, 3.63) is 47.7 Å². The standard InChI is InChI=1S/C15H21N3O/c1-4-11(2)14(12-8-6-5-7-9-12)15-18-17-13(19-15)10-16-3/h5-9,11,14,16H,4,10H2,1-3H3. The smallest absolute Gasteiger partial charge is 0.230 e. The highest BCUT2D eigenvalue weighted by molar-refractivity contribution is 5.25. The van der Waals surface area contributed by atoms with Crippen LogP contribution in [0.15, 0.2) is 34.7 Å². The van der Waals surface area contributed by atoms with E-state index in [4.69, 9.17) is 4.42 Å². The Hall–Kier alpha value is -1.68. The lowest BCUT2D eigenvalue weighted by atomic mass is 9.85. The molecule has 1 heterocycles. The molecule has 1 aromatic carbocycles. The summed E-state index contributed by atoms with van der Waals surface area (Å²) in [5.74, 6) is 1.99. The average Bonchev–Trinajstić information content (AvgIpc) is 2.89. The van der Waals surface area contributed by atoms with E-state index >= 15 is 0 Å². The predicted molar refractivity (Wildman–Crippen MR) is 74.8 cm³/mol. The Morgan fingerprint density at radius 2 is 1.95 bits per heavy atom. The Morgan fingerprint density at radius 1 is 1.21 bits per heavy atom. The van der Waals surface area contributed by atoms with E-state index in [1.54, 1.807) is 0 Å². The maximum atomic E-state index is 5.78. The molecule has 1 N–H and O–H groups in total. The van der Waals surface area contributed by atoms with Crippen LogP contribution in [0.3, 0.4) is 0 Å². The molecule has 0 amide bonds. The van der Waals surface area contributed by atoms with Crippen LogP contribution < -0.4 is 5.32 Å². The first kappa shape index (κ1) is 13.7. The van der Waals surface area contributed by atoms with Gasteiger partial charge < -0.3 is 9.73 Å². The minimum atomic E-state index is 0.171. The lowest BCUT2D eigenvalue weighted by molar-refractivity contribution is 0.372. The van der Waals surface area contributed by atoms with Crippen LogP contribution in [0.4, 0.5) is 0 Å². The van der Waals surface area contributed by atoms with E-state index in [0.717, 1.165) is 6.42 Å². The highest BCUT2D eigenvalue weighted by Crippen LogP contribution is 2.32. The van der Waals surface area contributed by atoms with Crippen molar-refractivity contribution in [3.63, 3.8) is 0 Å². The number of nitrogens with one attached hydrogen (secondary N) is 1. The topological polar surface area (TPSA) is 51.0 Å². The molecule has 0 saturated carbocycles. The van der Waals surface area contributed by atoms with Gasteiger partial charge in [-0.15, -0.1) is 10.2 Å². The molecule has 0 aliphatic rings. The maximum Gasteiger partial charge on any atom is 0.230 e. The number of rotatable bonds is 6. The highest BCUT2D eigenvalue weighted by atomic mass is 16.4. The van der Waals surface area contributed by atoms with Crippen molar-refractivity contribution in [1.29, 1.82) is 0 Å². The van der Waals surface area contributed by atoms with E-state index in [9.17, 15) is 0 Å². The molecule has 0 radical (unpaired) electrons. The summed E-state index contributed by atoms with van der Waals surface area (Å²) in [5, 5.41) is 11.3. The fraction of sp³-hybridized carbons (Fsp3) is 0.467. The van der Waals surface area contributed by atoms with Crippen molar-refractivity contribution in [1.82, 2.24) is 15.5 Å². The molecule has 4 nitrogen and oxygen atoms in total. The average molecular weight is 259 g/mol. The third-order valence-corrected chi connectivity index (χ3v) is 3.45. The van der Waals surface area contributed by atoms with Gasteiger partial charge in [-0.05, 0) is 18.5 Å². The second kappa shape index (κ2) is 6.48. The molecule has 102 valence electrons. The van der Waals surface area contributed by atoms with E-state index in [-0.39, 0.29) is 5.92 Å². The molecule has 2 aromatic rings. The summed E-state index contributed by atoms with van der Waals surface area (Å²) in [6.07, 6.45) is 1.07. The number of nitrogens with zero attached hydrogens (tertiary/aromatic N) is 2. The van der Waals surface area contributed by atoms with Crippen molar-refractivity contribution >= 4 is 0 Å². The van der Waals surface area contributed by atoms with Gasteiger partial charge in [0.1, 0.15) is 0 Å². The van der Waals surface area contributed by atoms with Crippen LogP contribution in [0, 0.1) is 5.92 Å². The molecule has 1 aromatic heterocycles. The summed E-state index contributed by atoms with van der Waals surface area (Å²) in [7, 11) is 1.87. The second-order valence-corrected chi connectivity index (χ2v) is 4.84. The first-order valence-electron chi connectivity index (χ1n) is 6.78. The second-order valence-electron chi connectivity index (χ2n) is 4.84. The zero-order valence-corrected chi connectivity index (χ0v) is 11.8. The van der Waals surface area contributed by atoms with Gasteiger partial charge in [-0.3, -0.25) is 0 Å². The highest BCUT2D eigenvalue weighted by Gasteiger charge is 2.25. The van der Waals surface area contributed by atoms with Gasteiger partial charge in [0.05, 0.1) is 12.5 Å². The molecular weight excluding hydrogens is 238 g/mol. The van der Waals surface area contributed by atoms with Crippen LogP contribution >= 0.6 is 0 Å². The molecule has 0 aliphatic heterocycles. The Kier molecular flexibility index (Phi) is 4.68. The molecule has 0 fully saturated rings. The van der Waals surface area contributed by atoms with Gasteiger partial charge in [0.15, 0.2) is 0 Å². The summed E-state index contributed by atoms with van der Waals surface area (Å²) in [6, 6.07) is 10.4. The minimum absolute atomic E-state index is 0.171. The fourth-order valence-corrected chi connectivity index (χ4v) is 2.23. The van der Waals surface area contributed by atoms with Gasteiger partial charge in [0, 0.05) is 0 Å². The maximum absolute atomic E-state index is 5.78. The van der Waals surface area contributed by atoms with Crippen LogP contribution in [-0.2, 0) is 6.54 Å². The predicted octanol–water partition coefficient (Wildman–Crippen LogP) is 2.97. The fourth-order valence-electron chi connectivity index (χ4n) is 2.23. The van der Waals surface area contributed by atoms with Crippen LogP contribution in [0.25, 0.3) is 0 Å². The van der Waals surface area contributed by atoms with Gasteiger partial charge in [-0.25, -0.2) is 0 Å². The van der Waals surface area contributed by atoms with Crippen LogP contribution in [-0.4, -0.2) is 17.2 Å². The molecule has 0 spiro atoms. The molecule has 2 rings (SSSR count). The summed E-state index contributed by atoms with van der Waals surface area (Å²) < 4.78 is 5.78. The normalized spacial score (nSPS) is 14.3. The van der Waals surface area contributed by atoms with E-state index in [1.165, 1.54) is 5.56 Å². The lowest BCUT2D eigenvalue weighted by Crippen LogP contribution is -2.11. The Morgan fingerprint density at radius 3 is 2.58 bits per heavy atom. The van der Waals surface area contributed by atoms with Gasteiger partial charge in [0.25, 0.3) is 0 Å². The van der Waals surface area contributed by atoms with E-state index in [0.29, 0.717) is 24.2 Å². The monoisotopic (exact) mass is 259 g/mol. The Bertz CT molecular complexity index is 495. The van der Waals surface area contributed by atoms with Crippen LogP contribution in [0.1, 0.15) is 43.5 Å². The third kappa shape index (κ3) is 3.20. The summed E-state index contributed by atoms with van der Waals surface area (Å²) in [4.78, 5) is 0. The Labute approximate surface area is 114 Å². The van der Waals surface area contributed by atoms with E-state index in [1.807, 2.05) is 13.1 Å².